The first-order valence-corrected chi connectivity index (χ1v) is 8.35. The minimum Gasteiger partial charge on any atom is -0.328 e. The Morgan fingerprint density at radius 3 is 1.96 bits per heavy atom. The summed E-state index contributed by atoms with van der Waals surface area (Å²) in [6.45, 7) is 9.01. The highest BCUT2D eigenvalue weighted by atomic mass is 15.1. The molecule has 0 aliphatic carbocycles. The van der Waals surface area contributed by atoms with Crippen molar-refractivity contribution in [2.24, 2.45) is 5.73 Å². The van der Waals surface area contributed by atoms with Crippen molar-refractivity contribution in [3.63, 3.8) is 0 Å². The Morgan fingerprint density at radius 2 is 1.52 bits per heavy atom. The van der Waals surface area contributed by atoms with E-state index in [4.69, 9.17) is 5.73 Å². The molecular formula is C19H28N4. The maximum Gasteiger partial charge on any atom is 0.0573 e. The van der Waals surface area contributed by atoms with Crippen LogP contribution in [0.15, 0.2) is 36.7 Å². The van der Waals surface area contributed by atoms with Gasteiger partial charge in [-0.1, -0.05) is 12.1 Å². The molecule has 124 valence electrons. The van der Waals surface area contributed by atoms with Crippen LogP contribution >= 0.6 is 0 Å². The number of nitrogens with zero attached hydrogens (tertiary/aromatic N) is 3. The summed E-state index contributed by atoms with van der Waals surface area (Å²) in [5.74, 6) is 0. The van der Waals surface area contributed by atoms with Gasteiger partial charge in [-0.25, -0.2) is 0 Å². The molecule has 1 atom stereocenters. The van der Waals surface area contributed by atoms with Gasteiger partial charge in [0.15, 0.2) is 0 Å². The summed E-state index contributed by atoms with van der Waals surface area (Å²) in [6.07, 6.45) is 5.87. The third kappa shape index (κ3) is 5.73. The maximum absolute atomic E-state index is 5.89. The van der Waals surface area contributed by atoms with Crippen LogP contribution in [0.3, 0.4) is 0 Å². The fraction of sp³-hybridized carbons (Fsp3) is 0.474. The van der Waals surface area contributed by atoms with E-state index in [1.165, 1.54) is 11.1 Å². The normalized spacial score (nSPS) is 12.6. The lowest BCUT2D eigenvalue weighted by Gasteiger charge is -2.23. The first-order chi connectivity index (χ1) is 11.1. The van der Waals surface area contributed by atoms with Crippen LogP contribution in [0, 0.1) is 13.8 Å². The highest BCUT2D eigenvalue weighted by Crippen LogP contribution is 2.13. The van der Waals surface area contributed by atoms with Crippen molar-refractivity contribution in [1.29, 1.82) is 0 Å². The Morgan fingerprint density at radius 1 is 1.00 bits per heavy atom. The van der Waals surface area contributed by atoms with Crippen LogP contribution < -0.4 is 5.73 Å². The largest absolute Gasteiger partial charge is 0.328 e. The Hall–Kier alpha value is -1.78. The number of pyridine rings is 2. The van der Waals surface area contributed by atoms with Gasteiger partial charge in [-0.2, -0.15) is 0 Å². The second-order valence-corrected chi connectivity index (χ2v) is 6.36. The molecular weight excluding hydrogens is 284 g/mol. The fourth-order valence-electron chi connectivity index (χ4n) is 2.64. The van der Waals surface area contributed by atoms with Gasteiger partial charge in [-0.15, -0.1) is 0 Å². The van der Waals surface area contributed by atoms with Crippen LogP contribution in [0.4, 0.5) is 0 Å². The summed E-state index contributed by atoms with van der Waals surface area (Å²) in [5.41, 5.74) is 10.6. The molecule has 23 heavy (non-hydrogen) atoms. The summed E-state index contributed by atoms with van der Waals surface area (Å²) in [5, 5.41) is 0. The predicted octanol–water partition coefficient (Wildman–Crippen LogP) is 3.22. The lowest BCUT2D eigenvalue weighted by atomic mass is 10.1. The minimum absolute atomic E-state index is 0.255. The van der Waals surface area contributed by atoms with Gasteiger partial charge >= 0.3 is 0 Å². The molecule has 0 aliphatic rings. The molecule has 2 aromatic rings. The molecule has 0 saturated heterocycles. The summed E-state index contributed by atoms with van der Waals surface area (Å²) in [6, 6.07) is 8.47. The number of hydrogen-bond donors (Lipinski definition) is 1. The van der Waals surface area contributed by atoms with Crippen molar-refractivity contribution in [1.82, 2.24) is 14.9 Å². The van der Waals surface area contributed by atoms with E-state index in [-0.39, 0.29) is 6.04 Å². The minimum atomic E-state index is 0.255. The van der Waals surface area contributed by atoms with Gasteiger partial charge in [0.2, 0.25) is 0 Å². The number of aromatic nitrogens is 2. The van der Waals surface area contributed by atoms with Crippen molar-refractivity contribution in [2.45, 2.75) is 52.7 Å². The molecule has 0 aliphatic heterocycles. The molecule has 0 radical (unpaired) electrons. The van der Waals surface area contributed by atoms with Crippen LogP contribution in [0.1, 0.15) is 42.3 Å². The van der Waals surface area contributed by atoms with Gasteiger partial charge < -0.3 is 5.73 Å². The average Bonchev–Trinajstić information content (AvgIpc) is 2.51. The van der Waals surface area contributed by atoms with Gasteiger partial charge in [0.1, 0.15) is 0 Å². The van der Waals surface area contributed by atoms with Gasteiger partial charge in [0.05, 0.1) is 11.4 Å². The zero-order valence-corrected chi connectivity index (χ0v) is 14.5. The van der Waals surface area contributed by atoms with Crippen LogP contribution in [-0.4, -0.2) is 27.5 Å². The van der Waals surface area contributed by atoms with Gasteiger partial charge in [0.25, 0.3) is 0 Å². The first kappa shape index (κ1) is 17.6. The maximum atomic E-state index is 5.89. The summed E-state index contributed by atoms with van der Waals surface area (Å²) in [7, 11) is 0. The SMILES string of the molecule is Cc1cccnc1CN(CCCC(C)N)Cc1ncccc1C. The number of hydrogen-bond acceptors (Lipinski definition) is 4. The standard InChI is InChI=1S/C19H28N4/c1-15-7-4-10-21-18(15)13-23(12-6-9-17(3)20)14-19-16(2)8-5-11-22-19/h4-5,7-8,10-11,17H,6,9,12-14,20H2,1-3H3. The van der Waals surface area contributed by atoms with E-state index in [9.17, 15) is 0 Å². The Bertz CT molecular complexity index is 562. The second-order valence-electron chi connectivity index (χ2n) is 6.36. The highest BCUT2D eigenvalue weighted by Gasteiger charge is 2.12. The second kappa shape index (κ2) is 8.75. The van der Waals surface area contributed by atoms with Crippen molar-refractivity contribution in [2.75, 3.05) is 6.54 Å². The quantitative estimate of drug-likeness (QED) is 0.813. The smallest absolute Gasteiger partial charge is 0.0573 e. The van der Waals surface area contributed by atoms with Gasteiger partial charge in [0, 0.05) is 31.5 Å². The molecule has 0 aromatic carbocycles. The Labute approximate surface area is 139 Å². The van der Waals surface area contributed by atoms with E-state index in [2.05, 4.69) is 47.8 Å². The zero-order chi connectivity index (χ0) is 16.7. The molecule has 0 amide bonds. The molecule has 0 fully saturated rings. The van der Waals surface area contributed by atoms with E-state index in [0.717, 1.165) is 43.9 Å². The molecule has 2 aromatic heterocycles. The van der Waals surface area contributed by atoms with Crippen molar-refractivity contribution in [3.05, 3.63) is 59.2 Å². The van der Waals surface area contributed by atoms with E-state index >= 15 is 0 Å². The van der Waals surface area contributed by atoms with Crippen molar-refractivity contribution >= 4 is 0 Å². The number of rotatable bonds is 8. The van der Waals surface area contributed by atoms with E-state index in [1.807, 2.05) is 24.5 Å². The van der Waals surface area contributed by atoms with Crippen molar-refractivity contribution in [3.8, 4) is 0 Å². The Balaban J connectivity index is 2.08. The van der Waals surface area contributed by atoms with Crippen LogP contribution in [-0.2, 0) is 13.1 Å². The lowest BCUT2D eigenvalue weighted by molar-refractivity contribution is 0.242. The zero-order valence-electron chi connectivity index (χ0n) is 14.5. The molecule has 4 nitrogen and oxygen atoms in total. The Kier molecular flexibility index (Phi) is 6.68. The van der Waals surface area contributed by atoms with Crippen molar-refractivity contribution < 1.29 is 0 Å². The monoisotopic (exact) mass is 312 g/mol. The molecule has 1 unspecified atom stereocenters. The first-order valence-electron chi connectivity index (χ1n) is 8.35. The predicted molar refractivity (Wildman–Crippen MR) is 94.9 cm³/mol. The summed E-state index contributed by atoms with van der Waals surface area (Å²) >= 11 is 0. The van der Waals surface area contributed by atoms with Crippen LogP contribution in [0.25, 0.3) is 0 Å². The topological polar surface area (TPSA) is 55.0 Å². The summed E-state index contributed by atoms with van der Waals surface area (Å²) in [4.78, 5) is 11.5. The molecule has 4 heteroatoms. The van der Waals surface area contributed by atoms with E-state index in [1.54, 1.807) is 0 Å². The molecule has 0 saturated carbocycles. The highest BCUT2D eigenvalue weighted by molar-refractivity contribution is 5.19. The van der Waals surface area contributed by atoms with Crippen LogP contribution in [0.5, 0.6) is 0 Å². The molecule has 0 spiro atoms. The average molecular weight is 312 g/mol. The third-order valence-electron chi connectivity index (χ3n) is 4.12. The van der Waals surface area contributed by atoms with E-state index in [0.29, 0.717) is 0 Å². The molecule has 0 bridgehead atoms. The van der Waals surface area contributed by atoms with Gasteiger partial charge in [-0.05, 0) is 63.4 Å². The number of aryl methyl sites for hydroxylation is 2. The molecule has 2 N–H and O–H groups in total. The molecule has 2 rings (SSSR count). The molecule has 2 heterocycles. The number of nitrogens with two attached hydrogens (primary N) is 1. The van der Waals surface area contributed by atoms with Crippen LogP contribution in [0.2, 0.25) is 0 Å². The third-order valence-corrected chi connectivity index (χ3v) is 4.12. The van der Waals surface area contributed by atoms with Gasteiger partial charge in [-0.3, -0.25) is 14.9 Å². The lowest BCUT2D eigenvalue weighted by Crippen LogP contribution is -2.27. The fourth-order valence-corrected chi connectivity index (χ4v) is 2.64. The summed E-state index contributed by atoms with van der Waals surface area (Å²) < 4.78 is 0. The van der Waals surface area contributed by atoms with E-state index < -0.39 is 0 Å².